The third-order valence-corrected chi connectivity index (χ3v) is 6.33. The maximum atomic E-state index is 12.6. The third kappa shape index (κ3) is 4.67. The SMILES string of the molecule is Cc1sc(-c2ccco2)nc1C(=O)Nc1cccc(S(=O)(=O)NC(C)(C)C)c1. The molecule has 1 amide bonds. The van der Waals surface area contributed by atoms with Crippen molar-refractivity contribution in [3.63, 3.8) is 0 Å². The highest BCUT2D eigenvalue weighted by atomic mass is 32.2. The number of hydrogen-bond donors (Lipinski definition) is 2. The maximum absolute atomic E-state index is 12.6. The van der Waals surface area contributed by atoms with Gasteiger partial charge in [-0.2, -0.15) is 0 Å². The molecule has 0 aliphatic rings. The number of aryl methyl sites for hydroxylation is 1. The number of hydrogen-bond acceptors (Lipinski definition) is 6. The second-order valence-corrected chi connectivity index (χ2v) is 10.1. The van der Waals surface area contributed by atoms with E-state index in [0.29, 0.717) is 16.5 Å². The summed E-state index contributed by atoms with van der Waals surface area (Å²) in [5.41, 5.74) is 0.0316. The zero-order valence-electron chi connectivity index (χ0n) is 15.9. The number of carbonyl (C=O) groups excluding carboxylic acids is 1. The van der Waals surface area contributed by atoms with Gasteiger partial charge in [0.2, 0.25) is 10.0 Å². The van der Waals surface area contributed by atoms with E-state index < -0.39 is 21.5 Å². The molecule has 0 saturated carbocycles. The third-order valence-electron chi connectivity index (χ3n) is 3.59. The first-order valence-electron chi connectivity index (χ1n) is 8.52. The van der Waals surface area contributed by atoms with E-state index in [1.807, 2.05) is 0 Å². The van der Waals surface area contributed by atoms with Crippen LogP contribution in [0, 0.1) is 6.92 Å². The van der Waals surface area contributed by atoms with E-state index in [4.69, 9.17) is 4.42 Å². The molecule has 2 heterocycles. The molecule has 0 bridgehead atoms. The van der Waals surface area contributed by atoms with Crippen molar-refractivity contribution in [2.45, 2.75) is 38.1 Å². The predicted molar refractivity (Wildman–Crippen MR) is 109 cm³/mol. The lowest BCUT2D eigenvalue weighted by atomic mass is 10.1. The zero-order valence-corrected chi connectivity index (χ0v) is 17.6. The van der Waals surface area contributed by atoms with Gasteiger partial charge in [-0.1, -0.05) is 6.07 Å². The second kappa shape index (κ2) is 7.50. The van der Waals surface area contributed by atoms with Crippen LogP contribution in [0.25, 0.3) is 10.8 Å². The Bertz CT molecular complexity index is 1090. The number of carbonyl (C=O) groups is 1. The number of sulfonamides is 1. The number of benzene rings is 1. The average molecular weight is 420 g/mol. The van der Waals surface area contributed by atoms with Gasteiger partial charge in [0, 0.05) is 16.1 Å². The van der Waals surface area contributed by atoms with Crippen LogP contribution < -0.4 is 10.0 Å². The minimum atomic E-state index is -3.70. The number of anilines is 1. The molecule has 148 valence electrons. The smallest absolute Gasteiger partial charge is 0.275 e. The Morgan fingerprint density at radius 3 is 2.57 bits per heavy atom. The van der Waals surface area contributed by atoms with Crippen molar-refractivity contribution in [2.75, 3.05) is 5.32 Å². The fourth-order valence-electron chi connectivity index (χ4n) is 2.51. The highest BCUT2D eigenvalue weighted by Crippen LogP contribution is 2.28. The molecule has 9 heteroatoms. The minimum Gasteiger partial charge on any atom is -0.462 e. The van der Waals surface area contributed by atoms with E-state index in [1.54, 1.807) is 58.2 Å². The Labute approximate surface area is 167 Å². The van der Waals surface area contributed by atoms with Gasteiger partial charge in [0.15, 0.2) is 10.8 Å². The van der Waals surface area contributed by atoms with Crippen LogP contribution in [0.2, 0.25) is 0 Å². The van der Waals surface area contributed by atoms with Gasteiger partial charge in [-0.05, 0) is 58.0 Å². The van der Waals surface area contributed by atoms with E-state index in [-0.39, 0.29) is 10.6 Å². The van der Waals surface area contributed by atoms with Gasteiger partial charge in [-0.3, -0.25) is 4.79 Å². The van der Waals surface area contributed by atoms with Crippen LogP contribution in [0.15, 0.2) is 52.0 Å². The van der Waals surface area contributed by atoms with E-state index in [2.05, 4.69) is 15.0 Å². The maximum Gasteiger partial charge on any atom is 0.275 e. The molecule has 0 aliphatic carbocycles. The number of rotatable bonds is 5. The van der Waals surface area contributed by atoms with Crippen molar-refractivity contribution in [3.05, 3.63) is 53.2 Å². The van der Waals surface area contributed by atoms with Crippen molar-refractivity contribution < 1.29 is 17.6 Å². The van der Waals surface area contributed by atoms with Gasteiger partial charge in [0.05, 0.1) is 11.2 Å². The van der Waals surface area contributed by atoms with E-state index in [1.165, 1.54) is 23.5 Å². The molecule has 2 aromatic heterocycles. The molecule has 0 unspecified atom stereocenters. The quantitative estimate of drug-likeness (QED) is 0.650. The number of nitrogens with one attached hydrogen (secondary N) is 2. The first-order chi connectivity index (χ1) is 13.0. The Balaban J connectivity index is 1.82. The highest BCUT2D eigenvalue weighted by Gasteiger charge is 2.23. The van der Waals surface area contributed by atoms with Gasteiger partial charge < -0.3 is 9.73 Å². The predicted octanol–water partition coefficient (Wildman–Crippen LogP) is 4.04. The Morgan fingerprint density at radius 2 is 1.93 bits per heavy atom. The van der Waals surface area contributed by atoms with Gasteiger partial charge in [-0.25, -0.2) is 18.1 Å². The van der Waals surface area contributed by atoms with Crippen molar-refractivity contribution >= 4 is 33.0 Å². The van der Waals surface area contributed by atoms with Crippen LogP contribution in [0.5, 0.6) is 0 Å². The number of aromatic nitrogens is 1. The molecule has 0 fully saturated rings. The lowest BCUT2D eigenvalue weighted by Gasteiger charge is -2.20. The summed E-state index contributed by atoms with van der Waals surface area (Å²) in [4.78, 5) is 17.8. The van der Waals surface area contributed by atoms with Crippen LogP contribution in [-0.2, 0) is 10.0 Å². The summed E-state index contributed by atoms with van der Waals surface area (Å²) in [7, 11) is -3.70. The Morgan fingerprint density at radius 1 is 1.18 bits per heavy atom. The van der Waals surface area contributed by atoms with E-state index in [9.17, 15) is 13.2 Å². The zero-order chi connectivity index (χ0) is 20.5. The van der Waals surface area contributed by atoms with Crippen molar-refractivity contribution in [1.82, 2.24) is 9.71 Å². The molecule has 1 aromatic carbocycles. The van der Waals surface area contributed by atoms with Gasteiger partial charge in [0.25, 0.3) is 5.91 Å². The largest absolute Gasteiger partial charge is 0.462 e. The summed E-state index contributed by atoms with van der Waals surface area (Å²) in [5.74, 6) is 0.179. The summed E-state index contributed by atoms with van der Waals surface area (Å²) < 4.78 is 32.9. The van der Waals surface area contributed by atoms with Gasteiger partial charge in [0.1, 0.15) is 5.69 Å². The second-order valence-electron chi connectivity index (χ2n) is 7.24. The minimum absolute atomic E-state index is 0.0755. The number of nitrogens with zero attached hydrogens (tertiary/aromatic N) is 1. The van der Waals surface area contributed by atoms with Crippen LogP contribution in [0.1, 0.15) is 36.1 Å². The monoisotopic (exact) mass is 419 g/mol. The lowest BCUT2D eigenvalue weighted by molar-refractivity contribution is 0.102. The summed E-state index contributed by atoms with van der Waals surface area (Å²) in [6, 6.07) is 9.63. The molecule has 0 radical (unpaired) electrons. The normalized spacial score (nSPS) is 12.1. The van der Waals surface area contributed by atoms with Gasteiger partial charge in [-0.15, -0.1) is 11.3 Å². The van der Waals surface area contributed by atoms with E-state index >= 15 is 0 Å². The molecule has 0 spiro atoms. The fourth-order valence-corrected chi connectivity index (χ4v) is 4.85. The Hall–Kier alpha value is -2.49. The molecule has 0 saturated heterocycles. The first-order valence-corrected chi connectivity index (χ1v) is 10.8. The first kappa shape index (κ1) is 20.2. The van der Waals surface area contributed by atoms with Crippen molar-refractivity contribution in [2.24, 2.45) is 0 Å². The summed E-state index contributed by atoms with van der Waals surface area (Å²) in [5, 5.41) is 3.32. The number of amides is 1. The van der Waals surface area contributed by atoms with Crippen molar-refractivity contribution in [1.29, 1.82) is 0 Å². The molecule has 28 heavy (non-hydrogen) atoms. The molecule has 0 atom stereocenters. The summed E-state index contributed by atoms with van der Waals surface area (Å²) in [6.45, 7) is 7.08. The van der Waals surface area contributed by atoms with Crippen LogP contribution in [-0.4, -0.2) is 24.8 Å². The van der Waals surface area contributed by atoms with E-state index in [0.717, 1.165) is 4.88 Å². The molecule has 7 nitrogen and oxygen atoms in total. The molecule has 2 N–H and O–H groups in total. The summed E-state index contributed by atoms with van der Waals surface area (Å²) in [6.07, 6.45) is 1.55. The standard InChI is InChI=1S/C19H21N3O4S2/c1-12-16(21-18(27-12)15-9-6-10-26-15)17(23)20-13-7-5-8-14(11-13)28(24,25)22-19(2,3)4/h5-11,22H,1-4H3,(H,20,23). The van der Waals surface area contributed by atoms with Crippen LogP contribution in [0.3, 0.4) is 0 Å². The molecule has 3 rings (SSSR count). The number of thiazole rings is 1. The lowest BCUT2D eigenvalue weighted by Crippen LogP contribution is -2.40. The number of furan rings is 1. The van der Waals surface area contributed by atoms with Crippen LogP contribution >= 0.6 is 11.3 Å². The average Bonchev–Trinajstić information content (AvgIpc) is 3.22. The van der Waals surface area contributed by atoms with Gasteiger partial charge >= 0.3 is 0 Å². The highest BCUT2D eigenvalue weighted by molar-refractivity contribution is 7.89. The fraction of sp³-hybridized carbons (Fsp3) is 0.263. The topological polar surface area (TPSA) is 101 Å². The molecule has 0 aliphatic heterocycles. The molecular formula is C19H21N3O4S2. The summed E-state index contributed by atoms with van der Waals surface area (Å²) >= 11 is 1.35. The molecular weight excluding hydrogens is 398 g/mol. The molecule has 3 aromatic rings. The van der Waals surface area contributed by atoms with Crippen LogP contribution in [0.4, 0.5) is 5.69 Å². The van der Waals surface area contributed by atoms with Crippen molar-refractivity contribution in [3.8, 4) is 10.8 Å². The Kier molecular flexibility index (Phi) is 5.42.